The molecule has 1 aromatic heterocycles. The van der Waals surface area contributed by atoms with Crippen molar-refractivity contribution < 1.29 is 31.9 Å². The summed E-state index contributed by atoms with van der Waals surface area (Å²) in [6.07, 6.45) is 0. The smallest absolute Gasteiger partial charge is 0.333 e. The molecule has 0 bridgehead atoms. The van der Waals surface area contributed by atoms with E-state index in [2.05, 4.69) is 26.7 Å². The van der Waals surface area contributed by atoms with E-state index < -0.39 is 16.0 Å². The number of sulfonamides is 1. The van der Waals surface area contributed by atoms with E-state index >= 15 is 0 Å². The van der Waals surface area contributed by atoms with Gasteiger partial charge in [0.1, 0.15) is 12.4 Å². The number of benzene rings is 2. The summed E-state index contributed by atoms with van der Waals surface area (Å²) in [5.41, 5.74) is 2.51. The number of aryl methyl sites for hydroxylation is 1. The van der Waals surface area contributed by atoms with Crippen LogP contribution in [0.25, 0.3) is 0 Å². The van der Waals surface area contributed by atoms with Gasteiger partial charge in [0.25, 0.3) is 10.0 Å². The van der Waals surface area contributed by atoms with E-state index in [-0.39, 0.29) is 17.3 Å². The van der Waals surface area contributed by atoms with E-state index in [0.29, 0.717) is 55.7 Å². The van der Waals surface area contributed by atoms with E-state index in [0.717, 1.165) is 5.69 Å². The number of ether oxygens (including phenoxy) is 3. The Morgan fingerprint density at radius 3 is 2.12 bits per heavy atom. The first-order chi connectivity index (χ1) is 19.1. The maximum Gasteiger partial charge on any atom is 0.333 e. The highest BCUT2D eigenvalue weighted by Gasteiger charge is 2.16. The summed E-state index contributed by atoms with van der Waals surface area (Å²) < 4.78 is 48.1. The monoisotopic (exact) mass is 571 g/mol. The molecule has 40 heavy (non-hydrogen) atoms. The molecule has 0 radical (unpaired) electrons. The van der Waals surface area contributed by atoms with Crippen molar-refractivity contribution in [2.24, 2.45) is 10.2 Å². The highest BCUT2D eigenvalue weighted by Crippen LogP contribution is 2.23. The van der Waals surface area contributed by atoms with Crippen LogP contribution < -0.4 is 9.62 Å². The second-order valence-electron chi connectivity index (χ2n) is 8.70. The minimum Gasteiger partial charge on any atom is -0.460 e. The zero-order valence-electron chi connectivity index (χ0n) is 22.7. The van der Waals surface area contributed by atoms with Gasteiger partial charge in [0.15, 0.2) is 5.82 Å². The van der Waals surface area contributed by atoms with Crippen molar-refractivity contribution in [2.75, 3.05) is 56.2 Å². The van der Waals surface area contributed by atoms with Gasteiger partial charge in [-0.1, -0.05) is 11.7 Å². The molecule has 0 saturated heterocycles. The number of nitrogens with one attached hydrogen (secondary N) is 1. The van der Waals surface area contributed by atoms with Gasteiger partial charge in [0.2, 0.25) is 0 Å². The van der Waals surface area contributed by atoms with Crippen LogP contribution >= 0.6 is 0 Å². The van der Waals surface area contributed by atoms with Crippen LogP contribution in [-0.2, 0) is 29.0 Å². The number of hydrogen-bond donors (Lipinski definition) is 1. The Morgan fingerprint density at radius 1 is 0.975 bits per heavy atom. The summed E-state index contributed by atoms with van der Waals surface area (Å²) in [4.78, 5) is 13.4. The van der Waals surface area contributed by atoms with Crippen LogP contribution in [0.5, 0.6) is 0 Å². The van der Waals surface area contributed by atoms with Crippen LogP contribution in [0.4, 0.5) is 22.9 Å². The summed E-state index contributed by atoms with van der Waals surface area (Å²) in [5, 5.41) is 12.0. The highest BCUT2D eigenvalue weighted by molar-refractivity contribution is 7.92. The standard InChI is InChI=1S/C27H33N5O7S/c1-20(2)27(33)38-18-17-37-16-15-36-14-13-32(4)24-9-5-22(6-10-24)28-29-23-7-11-25(12-8-23)40(34,35)31-26-19-21(3)39-30-26/h5-12,19H,1,13-18H2,2-4H3,(H,30,31). The van der Waals surface area contributed by atoms with Crippen LogP contribution in [0.15, 0.2) is 86.4 Å². The molecule has 3 aromatic rings. The number of carbonyl (C=O) groups excluding carboxylic acids is 1. The van der Waals surface area contributed by atoms with Crippen molar-refractivity contribution in [1.82, 2.24) is 5.16 Å². The SMILES string of the molecule is C=C(C)C(=O)OCCOCCOCCN(C)c1ccc(N=Nc2ccc(S(=O)(=O)Nc3cc(C)on3)cc2)cc1. The maximum absolute atomic E-state index is 12.5. The second-order valence-corrected chi connectivity index (χ2v) is 10.4. The summed E-state index contributed by atoms with van der Waals surface area (Å²) in [7, 11) is -1.84. The zero-order valence-corrected chi connectivity index (χ0v) is 23.5. The summed E-state index contributed by atoms with van der Waals surface area (Å²) in [6.45, 7) is 9.31. The number of carbonyl (C=O) groups is 1. The fraction of sp³-hybridized carbons (Fsp3) is 0.333. The summed E-state index contributed by atoms with van der Waals surface area (Å²) in [6, 6.07) is 15.0. The number of nitrogens with zero attached hydrogens (tertiary/aromatic N) is 4. The number of esters is 1. The van der Waals surface area contributed by atoms with Crippen molar-refractivity contribution in [3.63, 3.8) is 0 Å². The minimum atomic E-state index is -3.80. The Morgan fingerprint density at radius 2 is 1.55 bits per heavy atom. The molecule has 0 aliphatic heterocycles. The summed E-state index contributed by atoms with van der Waals surface area (Å²) >= 11 is 0. The van der Waals surface area contributed by atoms with Crippen LogP contribution in [-0.4, -0.2) is 66.2 Å². The predicted molar refractivity (Wildman–Crippen MR) is 150 cm³/mol. The first-order valence-electron chi connectivity index (χ1n) is 12.4. The van der Waals surface area contributed by atoms with Crippen LogP contribution in [0.3, 0.4) is 0 Å². The van der Waals surface area contributed by atoms with Crippen molar-refractivity contribution >= 4 is 38.9 Å². The van der Waals surface area contributed by atoms with E-state index in [9.17, 15) is 13.2 Å². The van der Waals surface area contributed by atoms with E-state index in [1.807, 2.05) is 36.2 Å². The van der Waals surface area contributed by atoms with Crippen molar-refractivity contribution in [3.8, 4) is 0 Å². The lowest BCUT2D eigenvalue weighted by atomic mass is 10.2. The van der Waals surface area contributed by atoms with Gasteiger partial charge in [-0.2, -0.15) is 10.2 Å². The van der Waals surface area contributed by atoms with Crippen molar-refractivity contribution in [3.05, 3.63) is 72.5 Å². The normalized spacial score (nSPS) is 11.5. The van der Waals surface area contributed by atoms with Crippen LogP contribution in [0, 0.1) is 6.92 Å². The topological polar surface area (TPSA) is 145 Å². The first-order valence-corrected chi connectivity index (χ1v) is 13.9. The van der Waals surface area contributed by atoms with Gasteiger partial charge in [-0.3, -0.25) is 4.72 Å². The van der Waals surface area contributed by atoms with Crippen molar-refractivity contribution in [1.29, 1.82) is 0 Å². The van der Waals surface area contributed by atoms with Gasteiger partial charge in [0, 0.05) is 30.9 Å². The van der Waals surface area contributed by atoms with Crippen LogP contribution in [0.2, 0.25) is 0 Å². The van der Waals surface area contributed by atoms with E-state index in [1.165, 1.54) is 18.2 Å². The molecule has 13 heteroatoms. The molecule has 0 spiro atoms. The molecule has 0 atom stereocenters. The first kappa shape index (κ1) is 30.5. The van der Waals surface area contributed by atoms with Gasteiger partial charge in [-0.15, -0.1) is 0 Å². The molecule has 214 valence electrons. The molecule has 0 saturated carbocycles. The number of aromatic nitrogens is 1. The Kier molecular flexibility index (Phi) is 11.4. The number of anilines is 2. The molecule has 0 aliphatic rings. The number of likely N-dealkylation sites (N-methyl/N-ethyl adjacent to an activating group) is 1. The molecule has 12 nitrogen and oxygen atoms in total. The molecular weight excluding hydrogens is 538 g/mol. The molecular formula is C27H33N5O7S. The molecule has 0 fully saturated rings. The Bertz CT molecular complexity index is 1390. The number of hydrogen-bond acceptors (Lipinski definition) is 11. The fourth-order valence-corrected chi connectivity index (χ4v) is 4.15. The van der Waals surface area contributed by atoms with E-state index in [1.54, 1.807) is 26.0 Å². The Hall–Kier alpha value is -4.07. The molecule has 1 heterocycles. The lowest BCUT2D eigenvalue weighted by Gasteiger charge is -2.19. The third kappa shape index (κ3) is 9.91. The molecule has 0 aliphatic carbocycles. The highest BCUT2D eigenvalue weighted by atomic mass is 32.2. The second kappa shape index (κ2) is 14.9. The zero-order chi connectivity index (χ0) is 29.0. The molecule has 0 unspecified atom stereocenters. The lowest BCUT2D eigenvalue weighted by Crippen LogP contribution is -2.23. The average molecular weight is 572 g/mol. The molecule has 3 rings (SSSR count). The number of rotatable bonds is 16. The lowest BCUT2D eigenvalue weighted by molar-refractivity contribution is -0.140. The van der Waals surface area contributed by atoms with E-state index in [4.69, 9.17) is 18.7 Å². The Labute approximate surface area is 233 Å². The van der Waals surface area contributed by atoms with Crippen LogP contribution in [0.1, 0.15) is 12.7 Å². The predicted octanol–water partition coefficient (Wildman–Crippen LogP) is 4.79. The molecule has 0 amide bonds. The maximum atomic E-state index is 12.5. The fourth-order valence-electron chi connectivity index (χ4n) is 3.16. The third-order valence-electron chi connectivity index (χ3n) is 5.34. The van der Waals surface area contributed by atoms with Crippen molar-refractivity contribution in [2.45, 2.75) is 18.7 Å². The molecule has 1 N–H and O–H groups in total. The minimum absolute atomic E-state index is 0.0672. The summed E-state index contributed by atoms with van der Waals surface area (Å²) in [5.74, 6) is 0.191. The Balaban J connectivity index is 1.37. The van der Waals surface area contributed by atoms with Gasteiger partial charge < -0.3 is 23.6 Å². The quantitative estimate of drug-likeness (QED) is 0.111. The average Bonchev–Trinajstić information content (AvgIpc) is 3.34. The van der Waals surface area contributed by atoms with Gasteiger partial charge in [-0.05, 0) is 62.4 Å². The third-order valence-corrected chi connectivity index (χ3v) is 6.71. The van der Waals surface area contributed by atoms with Gasteiger partial charge in [-0.25, -0.2) is 13.2 Å². The van der Waals surface area contributed by atoms with Gasteiger partial charge in [0.05, 0.1) is 42.7 Å². The molecule has 2 aromatic carbocycles. The number of azo groups is 1. The largest absolute Gasteiger partial charge is 0.460 e. The van der Waals surface area contributed by atoms with Gasteiger partial charge >= 0.3 is 5.97 Å².